The fourth-order valence-electron chi connectivity index (χ4n) is 4.65. The molecule has 0 spiro atoms. The van der Waals surface area contributed by atoms with E-state index in [9.17, 15) is 0 Å². The summed E-state index contributed by atoms with van der Waals surface area (Å²) in [4.78, 5) is 0. The Morgan fingerprint density at radius 3 is 1.31 bits per heavy atom. The van der Waals surface area contributed by atoms with Gasteiger partial charge in [-0.1, -0.05) is 54.6 Å². The van der Waals surface area contributed by atoms with E-state index in [-0.39, 0.29) is 0 Å². The van der Waals surface area contributed by atoms with Gasteiger partial charge in [-0.3, -0.25) is 0 Å². The maximum absolute atomic E-state index is 6.09. The molecule has 0 N–H and O–H groups in total. The Morgan fingerprint density at radius 1 is 0.528 bits per heavy atom. The van der Waals surface area contributed by atoms with Gasteiger partial charge in [0.25, 0.3) is 0 Å². The van der Waals surface area contributed by atoms with Gasteiger partial charge in [0.1, 0.15) is 34.2 Å². The summed E-state index contributed by atoms with van der Waals surface area (Å²) >= 11 is 0. The minimum Gasteiger partial charge on any atom is -0.494 e. The van der Waals surface area contributed by atoms with Gasteiger partial charge in [-0.05, 0) is 67.1 Å². The summed E-state index contributed by atoms with van der Waals surface area (Å²) in [5, 5.41) is 5.28. The third-order valence-electron chi connectivity index (χ3n) is 6.48. The van der Waals surface area contributed by atoms with Gasteiger partial charge in [0.2, 0.25) is 0 Å². The highest BCUT2D eigenvalue weighted by Crippen LogP contribution is 2.54. The Morgan fingerprint density at radius 2 is 0.917 bits per heavy atom. The molecule has 0 unspecified atom stereocenters. The lowest BCUT2D eigenvalue weighted by atomic mass is 10.3. The van der Waals surface area contributed by atoms with Crippen molar-refractivity contribution in [2.45, 2.75) is 12.5 Å². The molecule has 0 aliphatic heterocycles. The van der Waals surface area contributed by atoms with Crippen LogP contribution in [0.5, 0.6) is 5.75 Å². The molecule has 0 amide bonds. The number of benzene rings is 4. The molecule has 0 saturated heterocycles. The second kappa shape index (κ2) is 12.4. The van der Waals surface area contributed by atoms with Crippen LogP contribution in [0.2, 0.25) is 6.04 Å². The molecule has 4 rings (SSSR count). The van der Waals surface area contributed by atoms with Crippen LogP contribution in [0.3, 0.4) is 0 Å². The van der Waals surface area contributed by atoms with Gasteiger partial charge < -0.3 is 18.0 Å². The maximum Gasteiger partial charge on any atom is 0.500 e. The fraction of sp³-hybridized carbons (Fsp3) is 0.200. The predicted molar refractivity (Wildman–Crippen MR) is 153 cm³/mol. The number of hydrogen-bond donors (Lipinski definition) is 0. The summed E-state index contributed by atoms with van der Waals surface area (Å²) in [5.74, 6) is 0.852. The normalized spacial score (nSPS) is 11.9. The van der Waals surface area contributed by atoms with Crippen molar-refractivity contribution >= 4 is 37.3 Å². The van der Waals surface area contributed by atoms with E-state index in [1.807, 2.05) is 0 Å². The van der Waals surface area contributed by atoms with Gasteiger partial charge in [-0.25, -0.2) is 0 Å². The molecule has 0 aliphatic rings. The average molecular weight is 518 g/mol. The first-order chi connectivity index (χ1) is 17.7. The summed E-state index contributed by atoms with van der Waals surface area (Å²) in [6.07, 6.45) is 0.790. The summed E-state index contributed by atoms with van der Waals surface area (Å²) in [6.45, 7) is 0.570. The molecule has 4 aromatic carbocycles. The fourth-order valence-corrected chi connectivity index (χ4v) is 10.6. The highest BCUT2D eigenvalue weighted by atomic mass is 31.2. The van der Waals surface area contributed by atoms with Crippen molar-refractivity contribution in [1.29, 1.82) is 0 Å². The zero-order valence-electron chi connectivity index (χ0n) is 21.2. The molecule has 0 aromatic heterocycles. The summed E-state index contributed by atoms with van der Waals surface area (Å²) in [5.41, 5.74) is 0. The Kier molecular flexibility index (Phi) is 9.08. The molecule has 6 heteroatoms. The topological polar surface area (TPSA) is 36.9 Å². The van der Waals surface area contributed by atoms with Gasteiger partial charge in [-0.15, -0.1) is 0 Å². The van der Waals surface area contributed by atoms with Crippen molar-refractivity contribution < 1.29 is 18.0 Å². The average Bonchev–Trinajstić information content (AvgIpc) is 2.96. The van der Waals surface area contributed by atoms with Crippen LogP contribution in [0.4, 0.5) is 0 Å². The van der Waals surface area contributed by atoms with Gasteiger partial charge in [0.05, 0.1) is 6.61 Å². The first-order valence-corrected chi connectivity index (χ1v) is 15.9. The summed E-state index contributed by atoms with van der Waals surface area (Å²) in [7, 11) is 0.249. The van der Waals surface area contributed by atoms with E-state index < -0.39 is 16.1 Å². The Labute approximate surface area is 216 Å². The van der Waals surface area contributed by atoms with E-state index in [1.54, 1.807) is 21.3 Å². The minimum absolute atomic E-state index is 0.570. The van der Waals surface area contributed by atoms with Crippen molar-refractivity contribution in [3.8, 4) is 5.75 Å². The van der Waals surface area contributed by atoms with Crippen LogP contribution in [-0.4, -0.2) is 36.7 Å². The smallest absolute Gasteiger partial charge is 0.494 e. The SMILES string of the molecule is CO[Si](CCCOc1ccc([P+](c2ccccc2)(c2ccccc2)c2ccccc2)cc1)(OC)OC. The quantitative estimate of drug-likeness (QED) is 0.151. The van der Waals surface area contributed by atoms with Crippen LogP contribution in [0.25, 0.3) is 0 Å². The second-order valence-corrected chi connectivity index (χ2v) is 14.9. The van der Waals surface area contributed by atoms with Crippen molar-refractivity contribution in [3.63, 3.8) is 0 Å². The minimum atomic E-state index is -2.58. The molecule has 0 saturated carbocycles. The number of rotatable bonds is 12. The lowest BCUT2D eigenvalue weighted by molar-refractivity contribution is 0.121. The van der Waals surface area contributed by atoms with E-state index in [2.05, 4.69) is 115 Å². The van der Waals surface area contributed by atoms with Gasteiger partial charge >= 0.3 is 8.80 Å². The molecule has 0 radical (unpaired) electrons. The van der Waals surface area contributed by atoms with Gasteiger partial charge in [0, 0.05) is 27.4 Å². The van der Waals surface area contributed by atoms with Crippen LogP contribution >= 0.6 is 7.26 Å². The third kappa shape index (κ3) is 5.46. The summed E-state index contributed by atoms with van der Waals surface area (Å²) < 4.78 is 22.6. The molecule has 0 heterocycles. The molecule has 0 fully saturated rings. The van der Waals surface area contributed by atoms with Crippen molar-refractivity contribution in [2.75, 3.05) is 27.9 Å². The largest absolute Gasteiger partial charge is 0.500 e. The van der Waals surface area contributed by atoms with Crippen LogP contribution in [0.15, 0.2) is 115 Å². The monoisotopic (exact) mass is 517 g/mol. The molecule has 0 bridgehead atoms. The molecular formula is C30H34O4PSi+. The molecular weight excluding hydrogens is 483 g/mol. The van der Waals surface area contributed by atoms with Crippen LogP contribution in [0, 0.1) is 0 Å². The van der Waals surface area contributed by atoms with Gasteiger partial charge in [0.15, 0.2) is 0 Å². The van der Waals surface area contributed by atoms with E-state index >= 15 is 0 Å². The predicted octanol–water partition coefficient (Wildman–Crippen LogP) is 4.95. The second-order valence-electron chi connectivity index (χ2n) is 8.42. The highest BCUT2D eigenvalue weighted by molar-refractivity contribution is 8.01. The van der Waals surface area contributed by atoms with Crippen molar-refractivity contribution in [3.05, 3.63) is 115 Å². The van der Waals surface area contributed by atoms with Crippen molar-refractivity contribution in [2.24, 2.45) is 0 Å². The van der Waals surface area contributed by atoms with Crippen molar-refractivity contribution in [1.82, 2.24) is 0 Å². The zero-order valence-corrected chi connectivity index (χ0v) is 23.1. The molecule has 4 aromatic rings. The zero-order chi connectivity index (χ0) is 25.3. The Bertz CT molecular complexity index is 1080. The van der Waals surface area contributed by atoms with E-state index in [1.165, 1.54) is 21.2 Å². The third-order valence-corrected chi connectivity index (χ3v) is 13.6. The first-order valence-electron chi connectivity index (χ1n) is 12.1. The molecule has 0 atom stereocenters. The summed E-state index contributed by atoms with van der Waals surface area (Å²) in [6, 6.07) is 42.0. The first kappa shape index (κ1) is 26.3. The van der Waals surface area contributed by atoms with Crippen LogP contribution in [0.1, 0.15) is 6.42 Å². The number of hydrogen-bond acceptors (Lipinski definition) is 4. The molecule has 36 heavy (non-hydrogen) atoms. The Hall–Kier alpha value is -2.79. The van der Waals surface area contributed by atoms with E-state index in [0.29, 0.717) is 12.7 Å². The van der Waals surface area contributed by atoms with Gasteiger partial charge in [-0.2, -0.15) is 0 Å². The highest BCUT2D eigenvalue weighted by Gasteiger charge is 2.47. The van der Waals surface area contributed by atoms with Crippen LogP contribution < -0.4 is 26.0 Å². The van der Waals surface area contributed by atoms with E-state index in [0.717, 1.165) is 12.2 Å². The standard InChI is InChI=1S/C30H34O4PSi/c1-31-36(32-2,33-3)25-13-24-34-26-20-22-30(23-21-26)35(27-14-7-4-8-15-27,28-16-9-5-10-17-28)29-18-11-6-12-19-29/h4-12,14-23H,13,24-25H2,1-3H3/q+1. The maximum atomic E-state index is 6.09. The molecule has 186 valence electrons. The lowest BCUT2D eigenvalue weighted by Crippen LogP contribution is -2.42. The number of ether oxygens (including phenoxy) is 1. The molecule has 4 nitrogen and oxygen atoms in total. The Balaban J connectivity index is 1.67. The van der Waals surface area contributed by atoms with Crippen LogP contribution in [-0.2, 0) is 13.3 Å². The molecule has 0 aliphatic carbocycles. The van der Waals surface area contributed by atoms with E-state index in [4.69, 9.17) is 18.0 Å². The lowest BCUT2D eigenvalue weighted by Gasteiger charge is -2.27.